The van der Waals surface area contributed by atoms with Crippen LogP contribution in [0.15, 0.2) is 12.2 Å². The molecule has 0 spiro atoms. The number of carbonyl (C=O) groups is 2. The van der Waals surface area contributed by atoms with Crippen molar-refractivity contribution in [2.45, 2.75) is 24.9 Å². The molecule has 0 aromatic rings. The van der Waals surface area contributed by atoms with Crippen molar-refractivity contribution in [3.63, 3.8) is 0 Å². The predicted molar refractivity (Wildman–Crippen MR) is 52.7 cm³/mol. The molecule has 0 rings (SSSR count). The van der Waals surface area contributed by atoms with Crippen LogP contribution in [0, 0.1) is 0 Å². The second kappa shape index (κ2) is 6.31. The highest BCUT2D eigenvalue weighted by atomic mass is 19.4. The molecule has 0 radical (unpaired) electrons. The number of esters is 2. The van der Waals surface area contributed by atoms with E-state index in [-0.39, 0.29) is 5.57 Å². The Kier molecular flexibility index (Phi) is 5.76. The molecule has 0 saturated heterocycles. The summed E-state index contributed by atoms with van der Waals surface area (Å²) in [5, 5.41) is 0. The average molecular weight is 326 g/mol. The van der Waals surface area contributed by atoms with Gasteiger partial charge in [0.25, 0.3) is 0 Å². The molecule has 21 heavy (non-hydrogen) atoms. The first-order chi connectivity index (χ1) is 9.25. The summed E-state index contributed by atoms with van der Waals surface area (Å²) in [6, 6.07) is 0. The molecule has 11 heteroatoms. The van der Waals surface area contributed by atoms with Gasteiger partial charge in [0.1, 0.15) is 13.2 Å². The Balaban J connectivity index is 4.59. The maximum absolute atomic E-state index is 12.7. The van der Waals surface area contributed by atoms with Gasteiger partial charge >= 0.3 is 30.0 Å². The fraction of sp³-hybridized carbons (Fsp3) is 0.600. The van der Waals surface area contributed by atoms with Gasteiger partial charge < -0.3 is 9.47 Å². The lowest BCUT2D eigenvalue weighted by atomic mass is 10.1. The summed E-state index contributed by atoms with van der Waals surface area (Å²) in [6.07, 6.45) is -6.64. The van der Waals surface area contributed by atoms with Crippen molar-refractivity contribution in [3.8, 4) is 0 Å². The number of ether oxygens (including phenoxy) is 2. The topological polar surface area (TPSA) is 52.6 Å². The minimum Gasteiger partial charge on any atom is -0.459 e. The summed E-state index contributed by atoms with van der Waals surface area (Å²) in [4.78, 5) is 21.4. The molecule has 0 unspecified atom stereocenters. The van der Waals surface area contributed by atoms with Crippen molar-refractivity contribution in [1.82, 2.24) is 0 Å². The van der Waals surface area contributed by atoms with Gasteiger partial charge in [-0.25, -0.2) is 9.59 Å². The lowest BCUT2D eigenvalue weighted by molar-refractivity contribution is -0.348. The van der Waals surface area contributed by atoms with Gasteiger partial charge in [-0.05, 0) is 6.92 Å². The molecule has 0 bridgehead atoms. The first-order valence-electron chi connectivity index (χ1n) is 5.07. The summed E-state index contributed by atoms with van der Waals surface area (Å²) in [6.45, 7) is 2.43. The molecule has 0 N–H and O–H groups in total. The Hall–Kier alpha value is -1.81. The predicted octanol–water partition coefficient (Wildman–Crippen LogP) is 2.48. The molecule has 0 aliphatic rings. The van der Waals surface area contributed by atoms with E-state index in [2.05, 4.69) is 16.1 Å². The zero-order chi connectivity index (χ0) is 17.1. The van der Waals surface area contributed by atoms with Crippen LogP contribution in [0.4, 0.5) is 30.7 Å². The quantitative estimate of drug-likeness (QED) is 0.326. The van der Waals surface area contributed by atoms with Gasteiger partial charge in [-0.15, -0.1) is 0 Å². The van der Waals surface area contributed by atoms with Gasteiger partial charge in [0.05, 0.1) is 0 Å². The van der Waals surface area contributed by atoms with E-state index >= 15 is 0 Å². The molecule has 0 fully saturated rings. The molecule has 0 aromatic heterocycles. The van der Waals surface area contributed by atoms with Crippen LogP contribution in [0.2, 0.25) is 0 Å². The summed E-state index contributed by atoms with van der Waals surface area (Å²) in [7, 11) is 0. The van der Waals surface area contributed by atoms with Gasteiger partial charge in [0, 0.05) is 5.57 Å². The third kappa shape index (κ3) is 4.33. The number of halogens is 7. The largest absolute Gasteiger partial charge is 0.460 e. The van der Waals surface area contributed by atoms with Crippen LogP contribution >= 0.6 is 0 Å². The molecule has 0 aliphatic carbocycles. The van der Waals surface area contributed by atoms with Gasteiger partial charge in [0.15, 0.2) is 0 Å². The maximum atomic E-state index is 12.7. The summed E-state index contributed by atoms with van der Waals surface area (Å²) < 4.78 is 93.4. The van der Waals surface area contributed by atoms with E-state index in [4.69, 9.17) is 0 Å². The van der Waals surface area contributed by atoms with Crippen molar-refractivity contribution in [3.05, 3.63) is 12.2 Å². The molecule has 122 valence electrons. The molecule has 0 aromatic carbocycles. The number of hydrogen-bond acceptors (Lipinski definition) is 4. The van der Waals surface area contributed by atoms with Gasteiger partial charge in [-0.1, -0.05) is 6.58 Å². The summed E-state index contributed by atoms with van der Waals surface area (Å²) >= 11 is 0. The van der Waals surface area contributed by atoms with Crippen LogP contribution in [-0.4, -0.2) is 43.2 Å². The first kappa shape index (κ1) is 19.2. The summed E-state index contributed by atoms with van der Waals surface area (Å²) in [5.41, 5.74) is -0.0877. The van der Waals surface area contributed by atoms with Crippen LogP contribution < -0.4 is 0 Å². The van der Waals surface area contributed by atoms with Gasteiger partial charge in [0.2, 0.25) is 0 Å². The fourth-order valence-electron chi connectivity index (χ4n) is 0.789. The van der Waals surface area contributed by atoms with E-state index in [1.807, 2.05) is 0 Å². The van der Waals surface area contributed by atoms with Crippen LogP contribution in [0.1, 0.15) is 6.92 Å². The highest BCUT2D eigenvalue weighted by Crippen LogP contribution is 2.46. The fourth-order valence-corrected chi connectivity index (χ4v) is 0.789. The Morgan fingerprint density at radius 2 is 1.38 bits per heavy atom. The average Bonchev–Trinajstić information content (AvgIpc) is 2.31. The highest BCUT2D eigenvalue weighted by Gasteiger charge is 2.77. The number of rotatable bonds is 6. The second-order valence-electron chi connectivity index (χ2n) is 3.70. The minimum absolute atomic E-state index is 0.0877. The third-order valence-corrected chi connectivity index (χ3v) is 1.90. The van der Waals surface area contributed by atoms with Crippen molar-refractivity contribution in [2.24, 2.45) is 0 Å². The maximum Gasteiger partial charge on any atom is 0.460 e. The van der Waals surface area contributed by atoms with Crippen molar-refractivity contribution < 1.29 is 49.8 Å². The van der Waals surface area contributed by atoms with Crippen LogP contribution in [0.5, 0.6) is 0 Å². The smallest absolute Gasteiger partial charge is 0.459 e. The molecule has 0 saturated carbocycles. The molecule has 0 aliphatic heterocycles. The van der Waals surface area contributed by atoms with E-state index in [0.717, 1.165) is 0 Å². The number of hydrogen-bond donors (Lipinski definition) is 0. The Morgan fingerprint density at radius 3 is 1.76 bits per heavy atom. The van der Waals surface area contributed by atoms with Crippen LogP contribution in [0.3, 0.4) is 0 Å². The second-order valence-corrected chi connectivity index (χ2v) is 3.70. The van der Waals surface area contributed by atoms with E-state index < -0.39 is 43.2 Å². The van der Waals surface area contributed by atoms with E-state index in [1.54, 1.807) is 0 Å². The van der Waals surface area contributed by atoms with Crippen LogP contribution in [0.25, 0.3) is 0 Å². The van der Waals surface area contributed by atoms with E-state index in [1.165, 1.54) is 6.92 Å². The molecule has 0 atom stereocenters. The van der Waals surface area contributed by atoms with Crippen molar-refractivity contribution >= 4 is 11.9 Å². The van der Waals surface area contributed by atoms with E-state index in [0.29, 0.717) is 0 Å². The molecule has 4 nitrogen and oxygen atoms in total. The zero-order valence-electron chi connectivity index (χ0n) is 10.4. The third-order valence-electron chi connectivity index (χ3n) is 1.90. The standard InChI is InChI=1S/C10H9F7O4/c1-5(2)6(18)20-3-4-21-7(19)8(11,12)9(13,14)10(15,16)17/h1,3-4H2,2H3. The Bertz CT molecular complexity index is 428. The van der Waals surface area contributed by atoms with Gasteiger partial charge in [-0.2, -0.15) is 30.7 Å². The SMILES string of the molecule is C=C(C)C(=O)OCCOC(=O)C(F)(F)C(F)(F)C(F)(F)F. The minimum atomic E-state index is -6.64. The highest BCUT2D eigenvalue weighted by molar-refractivity contribution is 5.86. The molecular weight excluding hydrogens is 317 g/mol. The number of alkyl halides is 7. The van der Waals surface area contributed by atoms with Crippen molar-refractivity contribution in [1.29, 1.82) is 0 Å². The molecular formula is C10H9F7O4. The summed E-state index contributed by atoms with van der Waals surface area (Å²) in [5.74, 6) is -16.8. The van der Waals surface area contributed by atoms with Gasteiger partial charge in [-0.3, -0.25) is 0 Å². The first-order valence-corrected chi connectivity index (χ1v) is 5.07. The number of carbonyl (C=O) groups excluding carboxylic acids is 2. The Labute approximate surface area is 113 Å². The lowest BCUT2D eigenvalue weighted by Crippen LogP contribution is -2.56. The lowest BCUT2D eigenvalue weighted by Gasteiger charge is -2.26. The Morgan fingerprint density at radius 1 is 0.952 bits per heavy atom. The zero-order valence-corrected chi connectivity index (χ0v) is 10.4. The normalized spacial score (nSPS) is 12.8. The molecule has 0 heterocycles. The molecule has 0 amide bonds. The van der Waals surface area contributed by atoms with Crippen molar-refractivity contribution in [2.75, 3.05) is 13.2 Å². The monoisotopic (exact) mass is 326 g/mol. The van der Waals surface area contributed by atoms with E-state index in [9.17, 15) is 40.3 Å². The van der Waals surface area contributed by atoms with Crippen LogP contribution in [-0.2, 0) is 19.1 Å².